The highest BCUT2D eigenvalue weighted by atomic mass is 32.1. The Morgan fingerprint density at radius 3 is 1.91 bits per heavy atom. The first kappa shape index (κ1) is 23.8. The molecule has 3 aromatic carbocycles. The molecule has 6 heteroatoms. The van der Waals surface area contributed by atoms with Gasteiger partial charge in [0.15, 0.2) is 0 Å². The molecule has 0 unspecified atom stereocenters. The first-order chi connectivity index (χ1) is 16.1. The van der Waals surface area contributed by atoms with E-state index in [0.717, 1.165) is 22.4 Å². The lowest BCUT2D eigenvalue weighted by Crippen LogP contribution is -2.59. The van der Waals surface area contributed by atoms with Gasteiger partial charge in [0.25, 0.3) is 0 Å². The Balaban J connectivity index is 1.45. The van der Waals surface area contributed by atoms with Gasteiger partial charge in [-0.05, 0) is 30.2 Å². The van der Waals surface area contributed by atoms with E-state index in [0.29, 0.717) is 13.2 Å². The van der Waals surface area contributed by atoms with Crippen LogP contribution < -0.4 is 4.74 Å². The van der Waals surface area contributed by atoms with Gasteiger partial charge in [-0.3, -0.25) is 0 Å². The average Bonchev–Trinajstić information content (AvgIpc) is 2.85. The van der Waals surface area contributed by atoms with Crippen LogP contribution in [0.2, 0.25) is 0 Å². The second kappa shape index (κ2) is 11.7. The quantitative estimate of drug-likeness (QED) is 0.453. The maximum absolute atomic E-state index is 11.2. The third-order valence-corrected chi connectivity index (χ3v) is 6.06. The van der Waals surface area contributed by atoms with E-state index in [1.54, 1.807) is 0 Å². The minimum absolute atomic E-state index is 0.178. The Hall–Kier alpha value is -2.35. The van der Waals surface area contributed by atoms with Crippen molar-refractivity contribution in [2.45, 2.75) is 50.0 Å². The fraction of sp³-hybridized carbons (Fsp3) is 0.333. The number of aliphatic hydroxyl groups excluding tert-OH is 1. The Morgan fingerprint density at radius 1 is 0.788 bits per heavy atom. The van der Waals surface area contributed by atoms with E-state index in [1.807, 2.05) is 91.9 Å². The van der Waals surface area contributed by atoms with E-state index in [4.69, 9.17) is 18.9 Å². The predicted octanol–water partition coefficient (Wildman–Crippen LogP) is 4.56. The summed E-state index contributed by atoms with van der Waals surface area (Å²) in [6.45, 7) is 2.92. The van der Waals surface area contributed by atoms with Gasteiger partial charge in [-0.1, -0.05) is 78.4 Å². The minimum Gasteiger partial charge on any atom is -0.491 e. The molecule has 1 heterocycles. The summed E-state index contributed by atoms with van der Waals surface area (Å²) in [5.74, 6) is 0.719. The van der Waals surface area contributed by atoms with Crippen molar-refractivity contribution in [1.29, 1.82) is 0 Å². The van der Waals surface area contributed by atoms with Crippen LogP contribution in [-0.4, -0.2) is 41.6 Å². The van der Waals surface area contributed by atoms with Gasteiger partial charge in [-0.2, -0.15) is 0 Å². The zero-order valence-corrected chi connectivity index (χ0v) is 19.5. The van der Waals surface area contributed by atoms with Gasteiger partial charge in [0.05, 0.1) is 13.2 Å². The van der Waals surface area contributed by atoms with Gasteiger partial charge < -0.3 is 24.1 Å². The maximum Gasteiger partial charge on any atom is 0.129 e. The molecule has 0 aliphatic carbocycles. The lowest BCUT2D eigenvalue weighted by atomic mass is 9.99. The molecule has 0 spiro atoms. The Kier molecular flexibility index (Phi) is 8.42. The third kappa shape index (κ3) is 6.59. The fourth-order valence-corrected chi connectivity index (χ4v) is 4.17. The van der Waals surface area contributed by atoms with E-state index >= 15 is 0 Å². The summed E-state index contributed by atoms with van der Waals surface area (Å²) in [5.41, 5.74) is 2.62. The van der Waals surface area contributed by atoms with Crippen LogP contribution in [0.1, 0.15) is 16.7 Å². The van der Waals surface area contributed by atoms with Crippen LogP contribution in [0.25, 0.3) is 0 Å². The van der Waals surface area contributed by atoms with Gasteiger partial charge in [-0.25, -0.2) is 0 Å². The average molecular weight is 467 g/mol. The Bertz CT molecular complexity index is 967. The zero-order chi connectivity index (χ0) is 23.0. The van der Waals surface area contributed by atoms with Crippen molar-refractivity contribution in [1.82, 2.24) is 0 Å². The molecule has 5 atom stereocenters. The van der Waals surface area contributed by atoms with Crippen molar-refractivity contribution in [3.63, 3.8) is 0 Å². The molecule has 33 heavy (non-hydrogen) atoms. The first-order valence-electron chi connectivity index (χ1n) is 11.1. The summed E-state index contributed by atoms with van der Waals surface area (Å²) < 4.78 is 24.2. The first-order valence-corrected chi connectivity index (χ1v) is 11.6. The second-order valence-electron chi connectivity index (χ2n) is 8.20. The number of hydrogen-bond donors (Lipinski definition) is 2. The molecular formula is C27H30O5S. The molecule has 5 nitrogen and oxygen atoms in total. The molecular weight excluding hydrogens is 436 g/mol. The van der Waals surface area contributed by atoms with E-state index in [2.05, 4.69) is 12.6 Å². The number of ether oxygens (including phenoxy) is 4. The third-order valence-electron chi connectivity index (χ3n) is 5.64. The summed E-state index contributed by atoms with van der Waals surface area (Å²) in [7, 11) is 0. The molecule has 0 radical (unpaired) electrons. The summed E-state index contributed by atoms with van der Waals surface area (Å²) in [5, 5.41) is 11.2. The van der Waals surface area contributed by atoms with Crippen LogP contribution in [0.3, 0.4) is 0 Å². The minimum atomic E-state index is -0.941. The molecule has 1 N–H and O–H groups in total. The number of thiol groups is 1. The molecule has 0 saturated carbocycles. The van der Waals surface area contributed by atoms with Crippen molar-refractivity contribution in [3.05, 3.63) is 102 Å². The number of hydrogen-bond acceptors (Lipinski definition) is 6. The molecule has 1 aliphatic rings. The fourth-order valence-electron chi connectivity index (χ4n) is 3.76. The summed E-state index contributed by atoms with van der Waals surface area (Å²) in [4.78, 5) is 0. The highest BCUT2D eigenvalue weighted by Crippen LogP contribution is 2.30. The number of benzene rings is 3. The molecule has 174 valence electrons. The summed E-state index contributed by atoms with van der Waals surface area (Å²) >= 11 is 4.64. The van der Waals surface area contributed by atoms with E-state index < -0.39 is 29.9 Å². The summed E-state index contributed by atoms with van der Waals surface area (Å²) in [6, 6.07) is 27.5. The monoisotopic (exact) mass is 466 g/mol. The highest BCUT2D eigenvalue weighted by Gasteiger charge is 2.46. The molecule has 1 aliphatic heterocycles. The van der Waals surface area contributed by atoms with Crippen molar-refractivity contribution in [2.24, 2.45) is 0 Å². The smallest absolute Gasteiger partial charge is 0.129 e. The van der Waals surface area contributed by atoms with Crippen LogP contribution in [-0.2, 0) is 27.4 Å². The second-order valence-corrected chi connectivity index (χ2v) is 8.71. The van der Waals surface area contributed by atoms with Crippen molar-refractivity contribution in [3.8, 4) is 5.75 Å². The van der Waals surface area contributed by atoms with Crippen LogP contribution in [0.5, 0.6) is 5.75 Å². The molecule has 0 aromatic heterocycles. The van der Waals surface area contributed by atoms with E-state index in [-0.39, 0.29) is 6.61 Å². The predicted molar refractivity (Wildman–Crippen MR) is 130 cm³/mol. The number of aliphatic hydroxyl groups is 1. The lowest BCUT2D eigenvalue weighted by Gasteiger charge is -2.43. The SMILES string of the molecule is Cc1ccc(OC[C@H]2O[C@@H](S)[C@H](OCc3ccccc3)[C@@H](OCc3ccccc3)[C@@H]2O)cc1. The van der Waals surface area contributed by atoms with Gasteiger partial charge in [0, 0.05) is 0 Å². The van der Waals surface area contributed by atoms with Crippen LogP contribution in [0, 0.1) is 6.92 Å². The maximum atomic E-state index is 11.2. The van der Waals surface area contributed by atoms with Crippen LogP contribution in [0.4, 0.5) is 0 Å². The number of aryl methyl sites for hydroxylation is 1. The van der Waals surface area contributed by atoms with Crippen LogP contribution >= 0.6 is 12.6 Å². The van der Waals surface area contributed by atoms with Gasteiger partial charge in [0.2, 0.25) is 0 Å². The highest BCUT2D eigenvalue weighted by molar-refractivity contribution is 7.80. The van der Waals surface area contributed by atoms with E-state index in [9.17, 15) is 5.11 Å². The molecule has 0 bridgehead atoms. The molecule has 1 saturated heterocycles. The normalized spacial score (nSPS) is 25.0. The topological polar surface area (TPSA) is 57.2 Å². The molecule has 3 aromatic rings. The summed E-state index contributed by atoms with van der Waals surface area (Å²) in [6.07, 6.45) is -2.73. The molecule has 4 rings (SSSR count). The van der Waals surface area contributed by atoms with Crippen molar-refractivity contribution >= 4 is 12.6 Å². The molecule has 0 amide bonds. The van der Waals surface area contributed by atoms with Gasteiger partial charge in [-0.15, -0.1) is 12.6 Å². The number of rotatable bonds is 9. The Morgan fingerprint density at radius 2 is 1.33 bits per heavy atom. The lowest BCUT2D eigenvalue weighted by molar-refractivity contribution is -0.235. The van der Waals surface area contributed by atoms with Crippen molar-refractivity contribution in [2.75, 3.05) is 6.61 Å². The van der Waals surface area contributed by atoms with Crippen molar-refractivity contribution < 1.29 is 24.1 Å². The van der Waals surface area contributed by atoms with Gasteiger partial charge >= 0.3 is 0 Å². The van der Waals surface area contributed by atoms with Crippen LogP contribution in [0.15, 0.2) is 84.9 Å². The Labute approximate surface area is 200 Å². The molecule has 1 fully saturated rings. The van der Waals surface area contributed by atoms with Gasteiger partial charge in [0.1, 0.15) is 42.2 Å². The zero-order valence-electron chi connectivity index (χ0n) is 18.6. The standard InChI is InChI=1S/C27H30O5S/c1-19-12-14-22(15-13-19)29-18-23-24(28)25(30-16-20-8-4-2-5-9-20)26(27(33)32-23)31-17-21-10-6-3-7-11-21/h2-15,23-28,33H,16-18H2,1H3/t23-,24-,25+,26-,27+/m1/s1. The van der Waals surface area contributed by atoms with E-state index in [1.165, 1.54) is 0 Å². The largest absolute Gasteiger partial charge is 0.491 e.